The number of aromatic nitrogens is 2. The summed E-state index contributed by atoms with van der Waals surface area (Å²) in [6, 6.07) is 6.31. The predicted octanol–water partition coefficient (Wildman–Crippen LogP) is 1.98. The van der Waals surface area contributed by atoms with Crippen molar-refractivity contribution in [3.8, 4) is 22.8 Å². The summed E-state index contributed by atoms with van der Waals surface area (Å²) in [7, 11) is 0. The van der Waals surface area contributed by atoms with E-state index in [-0.39, 0.29) is 17.3 Å². The first kappa shape index (κ1) is 21.4. The number of halogens is 2. The number of benzene rings is 1. The molecular formula is C21H20F2N6O3. The number of amides is 3. The van der Waals surface area contributed by atoms with Crippen molar-refractivity contribution < 1.29 is 22.8 Å². The van der Waals surface area contributed by atoms with Crippen LogP contribution in [0.2, 0.25) is 0 Å². The van der Waals surface area contributed by atoms with Crippen LogP contribution in [0.15, 0.2) is 40.9 Å². The Kier molecular flexibility index (Phi) is 5.82. The lowest BCUT2D eigenvalue weighted by Crippen LogP contribution is -2.50. The van der Waals surface area contributed by atoms with Gasteiger partial charge in [0, 0.05) is 44.5 Å². The van der Waals surface area contributed by atoms with Crippen LogP contribution in [0.3, 0.4) is 0 Å². The molecule has 11 heteroatoms. The first-order valence-corrected chi connectivity index (χ1v) is 9.80. The Hall–Kier alpha value is -3.86. The van der Waals surface area contributed by atoms with E-state index >= 15 is 0 Å². The van der Waals surface area contributed by atoms with Crippen LogP contribution in [0, 0.1) is 11.6 Å². The van der Waals surface area contributed by atoms with Gasteiger partial charge in [0.25, 0.3) is 5.91 Å². The zero-order chi connectivity index (χ0) is 22.8. The van der Waals surface area contributed by atoms with Gasteiger partial charge in [-0.1, -0.05) is 6.07 Å². The number of hydrogen-bond donors (Lipinski definition) is 2. The first-order chi connectivity index (χ1) is 15.3. The number of nitrogens with zero attached hydrogens (tertiary/aromatic N) is 4. The fourth-order valence-corrected chi connectivity index (χ4v) is 3.50. The number of primary amides is 2. The highest BCUT2D eigenvalue weighted by molar-refractivity contribution is 5.97. The monoisotopic (exact) mass is 442 g/mol. The Labute approximate surface area is 181 Å². The van der Waals surface area contributed by atoms with Crippen LogP contribution < -0.4 is 11.5 Å². The third-order valence-corrected chi connectivity index (χ3v) is 5.19. The van der Waals surface area contributed by atoms with Crippen LogP contribution in [0.5, 0.6) is 0 Å². The van der Waals surface area contributed by atoms with Gasteiger partial charge >= 0.3 is 6.03 Å². The molecule has 0 aliphatic carbocycles. The number of carbonyl (C=O) groups excluding carboxylic acids is 2. The van der Waals surface area contributed by atoms with E-state index in [2.05, 4.69) is 14.9 Å². The van der Waals surface area contributed by atoms with Crippen molar-refractivity contribution in [3.05, 3.63) is 59.6 Å². The van der Waals surface area contributed by atoms with Crippen molar-refractivity contribution in [2.75, 3.05) is 26.2 Å². The molecule has 4 N–H and O–H groups in total. The van der Waals surface area contributed by atoms with E-state index in [0.29, 0.717) is 38.3 Å². The summed E-state index contributed by atoms with van der Waals surface area (Å²) >= 11 is 0. The molecule has 3 heterocycles. The third-order valence-electron chi connectivity index (χ3n) is 5.19. The second-order valence-electron chi connectivity index (χ2n) is 7.30. The van der Waals surface area contributed by atoms with Crippen molar-refractivity contribution in [3.63, 3.8) is 0 Å². The van der Waals surface area contributed by atoms with E-state index < -0.39 is 29.1 Å². The molecule has 1 fully saturated rings. The summed E-state index contributed by atoms with van der Waals surface area (Å²) in [5.41, 5.74) is 11.1. The van der Waals surface area contributed by atoms with Crippen molar-refractivity contribution >= 4 is 11.9 Å². The second kappa shape index (κ2) is 8.71. The molecule has 0 spiro atoms. The molecule has 0 bridgehead atoms. The maximum atomic E-state index is 14.1. The molecule has 0 saturated carbocycles. The fraction of sp³-hybridized carbons (Fsp3) is 0.238. The average molecular weight is 442 g/mol. The Morgan fingerprint density at radius 2 is 1.72 bits per heavy atom. The van der Waals surface area contributed by atoms with Crippen LogP contribution >= 0.6 is 0 Å². The summed E-state index contributed by atoms with van der Waals surface area (Å²) in [6.07, 6.45) is 1.48. The van der Waals surface area contributed by atoms with Crippen LogP contribution in [-0.2, 0) is 6.54 Å². The normalized spacial score (nSPS) is 14.5. The topological polar surface area (TPSA) is 132 Å². The molecule has 0 atom stereocenters. The molecule has 1 saturated heterocycles. The van der Waals surface area contributed by atoms with Crippen LogP contribution in [0.4, 0.5) is 13.6 Å². The number of rotatable bonds is 5. The molecule has 3 aromatic rings. The predicted molar refractivity (Wildman–Crippen MR) is 110 cm³/mol. The third kappa shape index (κ3) is 4.28. The van der Waals surface area contributed by atoms with Gasteiger partial charge in [-0.15, -0.1) is 0 Å². The Morgan fingerprint density at radius 1 is 1.03 bits per heavy atom. The molecule has 0 radical (unpaired) electrons. The van der Waals surface area contributed by atoms with Crippen molar-refractivity contribution in [2.45, 2.75) is 6.54 Å². The zero-order valence-electron chi connectivity index (χ0n) is 16.9. The van der Waals surface area contributed by atoms with Gasteiger partial charge in [-0.3, -0.25) is 14.7 Å². The number of piperazine rings is 1. The highest BCUT2D eigenvalue weighted by Gasteiger charge is 2.25. The number of hydrogen-bond acceptors (Lipinski definition) is 6. The van der Waals surface area contributed by atoms with E-state index in [9.17, 15) is 18.4 Å². The minimum absolute atomic E-state index is 0.0238. The number of urea groups is 1. The van der Waals surface area contributed by atoms with Crippen LogP contribution in [0.25, 0.3) is 22.8 Å². The van der Waals surface area contributed by atoms with Crippen molar-refractivity contribution in [2.24, 2.45) is 11.5 Å². The minimum Gasteiger partial charge on any atom is -0.435 e. The Morgan fingerprint density at radius 3 is 2.28 bits per heavy atom. The summed E-state index contributed by atoms with van der Waals surface area (Å²) in [6.45, 7) is 2.97. The van der Waals surface area contributed by atoms with E-state index in [0.717, 1.165) is 17.8 Å². The number of carbonyl (C=O) groups is 2. The molecule has 4 rings (SSSR count). The maximum Gasteiger partial charge on any atom is 0.314 e. The second-order valence-corrected chi connectivity index (χ2v) is 7.30. The van der Waals surface area contributed by atoms with Gasteiger partial charge in [-0.05, 0) is 24.3 Å². The molecule has 9 nitrogen and oxygen atoms in total. The summed E-state index contributed by atoms with van der Waals surface area (Å²) in [5, 5.41) is 0. The lowest BCUT2D eigenvalue weighted by molar-refractivity contribution is 0.0996. The summed E-state index contributed by atoms with van der Waals surface area (Å²) < 4.78 is 33.8. The molecule has 0 unspecified atom stereocenters. The number of nitrogens with two attached hydrogens (primary N) is 2. The quantitative estimate of drug-likeness (QED) is 0.621. The Bertz CT molecular complexity index is 1140. The number of pyridine rings is 1. The lowest BCUT2D eigenvalue weighted by atomic mass is 10.1. The van der Waals surface area contributed by atoms with Gasteiger partial charge in [-0.25, -0.2) is 18.6 Å². The van der Waals surface area contributed by atoms with Gasteiger partial charge in [0.15, 0.2) is 11.5 Å². The SMILES string of the molecule is NC(=O)c1nc(-c2c(F)cccc2F)oc1-c1ccc(CN2CCN(C(N)=O)CC2)nc1. The summed E-state index contributed by atoms with van der Waals surface area (Å²) in [4.78, 5) is 35.1. The first-order valence-electron chi connectivity index (χ1n) is 9.80. The van der Waals surface area contributed by atoms with Crippen LogP contribution in [-0.4, -0.2) is 57.9 Å². The van der Waals surface area contributed by atoms with Crippen molar-refractivity contribution in [1.29, 1.82) is 0 Å². The maximum absolute atomic E-state index is 14.1. The number of oxazole rings is 1. The highest BCUT2D eigenvalue weighted by Crippen LogP contribution is 2.32. The smallest absolute Gasteiger partial charge is 0.314 e. The van der Waals surface area contributed by atoms with Gasteiger partial charge in [0.2, 0.25) is 5.89 Å². The zero-order valence-corrected chi connectivity index (χ0v) is 16.9. The lowest BCUT2D eigenvalue weighted by Gasteiger charge is -2.33. The molecule has 166 valence electrons. The molecule has 32 heavy (non-hydrogen) atoms. The standard InChI is InChI=1S/C21H20F2N6O3/c22-14-2-1-3-15(23)16(14)20-27-17(19(24)30)18(32-20)12-4-5-13(26-10-12)11-28-6-8-29(9-7-28)21(25)31/h1-5,10H,6-9,11H2,(H2,24,30)(H2,25,31). The molecular weight excluding hydrogens is 422 g/mol. The van der Waals surface area contributed by atoms with Gasteiger partial charge in [0.1, 0.15) is 17.2 Å². The summed E-state index contributed by atoms with van der Waals surface area (Å²) in [5.74, 6) is -3.06. The fourth-order valence-electron chi connectivity index (χ4n) is 3.50. The highest BCUT2D eigenvalue weighted by atomic mass is 19.1. The average Bonchev–Trinajstić information content (AvgIpc) is 3.20. The van der Waals surface area contributed by atoms with Gasteiger partial charge in [0.05, 0.1) is 5.69 Å². The van der Waals surface area contributed by atoms with Gasteiger partial charge < -0.3 is 20.8 Å². The molecule has 1 aliphatic heterocycles. The van der Waals surface area contributed by atoms with E-state index in [1.54, 1.807) is 17.0 Å². The minimum atomic E-state index is -0.900. The molecule has 1 aromatic carbocycles. The molecule has 3 amide bonds. The molecule has 1 aliphatic rings. The van der Waals surface area contributed by atoms with E-state index in [1.165, 1.54) is 12.3 Å². The van der Waals surface area contributed by atoms with Crippen molar-refractivity contribution in [1.82, 2.24) is 19.8 Å². The van der Waals surface area contributed by atoms with E-state index in [4.69, 9.17) is 15.9 Å². The van der Waals surface area contributed by atoms with Gasteiger partial charge in [-0.2, -0.15) is 0 Å². The van der Waals surface area contributed by atoms with Crippen LogP contribution in [0.1, 0.15) is 16.2 Å². The molecule has 2 aromatic heterocycles. The Balaban J connectivity index is 1.56. The van der Waals surface area contributed by atoms with E-state index in [1.807, 2.05) is 0 Å². The largest absolute Gasteiger partial charge is 0.435 e.